The third kappa shape index (κ3) is 5.28. The summed E-state index contributed by atoms with van der Waals surface area (Å²) in [5.74, 6) is -2.41. The molecule has 0 bridgehead atoms. The molecule has 0 aliphatic carbocycles. The van der Waals surface area contributed by atoms with Crippen LogP contribution in [0.3, 0.4) is 0 Å². The van der Waals surface area contributed by atoms with Crippen molar-refractivity contribution in [1.82, 2.24) is 0 Å². The first-order chi connectivity index (χ1) is 14.8. The van der Waals surface area contributed by atoms with Crippen LogP contribution in [-0.4, -0.2) is 44.0 Å². The zero-order valence-corrected chi connectivity index (χ0v) is 17.6. The Labute approximate surface area is 180 Å². The molecule has 2 aromatic rings. The summed E-state index contributed by atoms with van der Waals surface area (Å²) in [7, 11) is 1.29. The lowest BCUT2D eigenvalue weighted by Gasteiger charge is -2.16. The van der Waals surface area contributed by atoms with Crippen molar-refractivity contribution in [2.24, 2.45) is 5.92 Å². The number of ether oxygens (including phenoxy) is 2. The van der Waals surface area contributed by atoms with Gasteiger partial charge in [0.25, 0.3) is 5.91 Å². The summed E-state index contributed by atoms with van der Waals surface area (Å²) in [6.45, 7) is 3.64. The molecule has 1 fully saturated rings. The third-order valence-electron chi connectivity index (χ3n) is 5.19. The highest BCUT2D eigenvalue weighted by molar-refractivity contribution is 6.00. The number of esters is 2. The Bertz CT molecular complexity index is 1020. The highest BCUT2D eigenvalue weighted by Crippen LogP contribution is 2.26. The number of benzene rings is 2. The number of nitrogens with zero attached hydrogens (tertiary/aromatic N) is 1. The van der Waals surface area contributed by atoms with Crippen molar-refractivity contribution in [2.45, 2.75) is 20.3 Å². The van der Waals surface area contributed by atoms with Gasteiger partial charge in [-0.25, -0.2) is 4.79 Å². The van der Waals surface area contributed by atoms with E-state index < -0.39 is 30.4 Å². The fourth-order valence-corrected chi connectivity index (χ4v) is 3.28. The van der Waals surface area contributed by atoms with Gasteiger partial charge in [-0.2, -0.15) is 0 Å². The molecular formula is C23H24N2O6. The maximum Gasteiger partial charge on any atom is 0.337 e. The van der Waals surface area contributed by atoms with E-state index in [0.717, 1.165) is 11.1 Å². The van der Waals surface area contributed by atoms with Crippen LogP contribution in [0.2, 0.25) is 0 Å². The van der Waals surface area contributed by atoms with Gasteiger partial charge >= 0.3 is 11.9 Å². The lowest BCUT2D eigenvalue weighted by Crippen LogP contribution is -2.28. The van der Waals surface area contributed by atoms with Gasteiger partial charge in [0.1, 0.15) is 0 Å². The van der Waals surface area contributed by atoms with Crippen molar-refractivity contribution in [1.29, 1.82) is 0 Å². The summed E-state index contributed by atoms with van der Waals surface area (Å²) in [5.41, 5.74) is 3.71. The molecule has 1 N–H and O–H groups in total. The van der Waals surface area contributed by atoms with Gasteiger partial charge in [0.2, 0.25) is 5.91 Å². The molecule has 0 saturated carbocycles. The SMILES string of the molecule is COC(=O)c1ccc(N2C[C@@H](C(=O)OCC(=O)Nc3ccc(C)c(C)c3)CC2=O)cc1. The van der Waals surface area contributed by atoms with Gasteiger partial charge in [0.05, 0.1) is 18.6 Å². The van der Waals surface area contributed by atoms with Crippen LogP contribution in [-0.2, 0) is 23.9 Å². The van der Waals surface area contributed by atoms with Crippen molar-refractivity contribution >= 4 is 35.1 Å². The average Bonchev–Trinajstić information content (AvgIpc) is 3.16. The largest absolute Gasteiger partial charge is 0.465 e. The summed E-state index contributed by atoms with van der Waals surface area (Å²) in [6.07, 6.45) is -0.00361. The summed E-state index contributed by atoms with van der Waals surface area (Å²) in [6, 6.07) is 11.9. The molecule has 2 amide bonds. The van der Waals surface area contributed by atoms with Gasteiger partial charge in [0, 0.05) is 24.3 Å². The molecule has 8 heteroatoms. The lowest BCUT2D eigenvalue weighted by atomic mass is 10.1. The van der Waals surface area contributed by atoms with Crippen LogP contribution in [0.4, 0.5) is 11.4 Å². The molecule has 1 aliphatic rings. The van der Waals surface area contributed by atoms with E-state index in [9.17, 15) is 19.2 Å². The second-order valence-corrected chi connectivity index (χ2v) is 7.40. The van der Waals surface area contributed by atoms with E-state index in [0.29, 0.717) is 16.9 Å². The normalized spacial score (nSPS) is 15.5. The Morgan fingerprint density at radius 3 is 2.42 bits per heavy atom. The monoisotopic (exact) mass is 424 g/mol. The Hall–Kier alpha value is -3.68. The van der Waals surface area contributed by atoms with Crippen molar-refractivity contribution in [3.63, 3.8) is 0 Å². The third-order valence-corrected chi connectivity index (χ3v) is 5.19. The standard InChI is InChI=1S/C23H24N2O6/c1-14-4-7-18(10-15(14)2)24-20(26)13-31-23(29)17-11-21(27)25(12-17)19-8-5-16(6-9-19)22(28)30-3/h4-10,17H,11-13H2,1-3H3,(H,24,26)/t17-/m0/s1. The minimum absolute atomic E-state index is 0.00361. The van der Waals surface area contributed by atoms with Crippen LogP contribution < -0.4 is 10.2 Å². The molecular weight excluding hydrogens is 400 g/mol. The molecule has 8 nitrogen and oxygen atoms in total. The van der Waals surface area contributed by atoms with Crippen LogP contribution >= 0.6 is 0 Å². The van der Waals surface area contributed by atoms with Crippen LogP contribution in [0.15, 0.2) is 42.5 Å². The van der Waals surface area contributed by atoms with Gasteiger partial charge in [-0.3, -0.25) is 14.4 Å². The smallest absolute Gasteiger partial charge is 0.337 e. The summed E-state index contributed by atoms with van der Waals surface area (Å²) in [4.78, 5) is 49.8. The van der Waals surface area contributed by atoms with E-state index in [1.807, 2.05) is 26.0 Å². The Balaban J connectivity index is 1.53. The van der Waals surface area contributed by atoms with E-state index in [1.54, 1.807) is 30.3 Å². The number of anilines is 2. The first kappa shape index (κ1) is 22.0. The topological polar surface area (TPSA) is 102 Å². The maximum atomic E-state index is 12.4. The fraction of sp³-hybridized carbons (Fsp3) is 0.304. The number of nitrogens with one attached hydrogen (secondary N) is 1. The van der Waals surface area contributed by atoms with E-state index in [1.165, 1.54) is 12.0 Å². The Kier molecular flexibility index (Phi) is 6.69. The van der Waals surface area contributed by atoms with Crippen molar-refractivity contribution in [3.8, 4) is 0 Å². The number of rotatable bonds is 6. The first-order valence-corrected chi connectivity index (χ1v) is 9.81. The molecule has 1 saturated heterocycles. The van der Waals surface area contributed by atoms with Gasteiger partial charge in [-0.1, -0.05) is 6.07 Å². The molecule has 0 radical (unpaired) electrons. The van der Waals surface area contributed by atoms with Crippen LogP contribution in [0.1, 0.15) is 27.9 Å². The predicted molar refractivity (Wildman–Crippen MR) is 114 cm³/mol. The number of hydrogen-bond donors (Lipinski definition) is 1. The minimum atomic E-state index is -0.665. The first-order valence-electron chi connectivity index (χ1n) is 9.81. The number of amides is 2. The van der Waals surface area contributed by atoms with Crippen LogP contribution in [0, 0.1) is 19.8 Å². The molecule has 1 atom stereocenters. The molecule has 0 aromatic heterocycles. The summed E-state index contributed by atoms with van der Waals surface area (Å²) < 4.78 is 9.77. The van der Waals surface area contributed by atoms with Gasteiger partial charge in [-0.15, -0.1) is 0 Å². The summed E-state index contributed by atoms with van der Waals surface area (Å²) in [5, 5.41) is 2.69. The van der Waals surface area contributed by atoms with E-state index in [-0.39, 0.29) is 18.9 Å². The molecule has 0 unspecified atom stereocenters. The highest BCUT2D eigenvalue weighted by atomic mass is 16.5. The number of carbonyl (C=O) groups is 4. The molecule has 1 heterocycles. The van der Waals surface area contributed by atoms with Gasteiger partial charge in [0.15, 0.2) is 6.61 Å². The van der Waals surface area contributed by atoms with Crippen molar-refractivity contribution < 1.29 is 28.7 Å². The second-order valence-electron chi connectivity index (χ2n) is 7.40. The Morgan fingerprint density at radius 2 is 1.77 bits per heavy atom. The molecule has 2 aromatic carbocycles. The zero-order valence-electron chi connectivity index (χ0n) is 17.6. The predicted octanol–water partition coefficient (Wildman–Crippen LogP) is 2.62. The second kappa shape index (κ2) is 9.42. The fourth-order valence-electron chi connectivity index (χ4n) is 3.28. The molecule has 31 heavy (non-hydrogen) atoms. The quantitative estimate of drug-likeness (QED) is 0.716. The van der Waals surface area contributed by atoms with Gasteiger partial charge < -0.3 is 19.7 Å². The number of carbonyl (C=O) groups excluding carboxylic acids is 4. The molecule has 3 rings (SSSR count). The van der Waals surface area contributed by atoms with E-state index >= 15 is 0 Å². The van der Waals surface area contributed by atoms with Crippen molar-refractivity contribution in [2.75, 3.05) is 30.5 Å². The highest BCUT2D eigenvalue weighted by Gasteiger charge is 2.36. The number of methoxy groups -OCH3 is 1. The molecule has 162 valence electrons. The average molecular weight is 424 g/mol. The summed E-state index contributed by atoms with van der Waals surface area (Å²) >= 11 is 0. The Morgan fingerprint density at radius 1 is 1.06 bits per heavy atom. The minimum Gasteiger partial charge on any atom is -0.465 e. The lowest BCUT2D eigenvalue weighted by molar-refractivity contribution is -0.151. The zero-order chi connectivity index (χ0) is 22.5. The molecule has 0 spiro atoms. The van der Waals surface area contributed by atoms with Crippen molar-refractivity contribution in [3.05, 3.63) is 59.2 Å². The maximum absolute atomic E-state index is 12.4. The number of hydrogen-bond acceptors (Lipinski definition) is 6. The van der Waals surface area contributed by atoms with Crippen LogP contribution in [0.5, 0.6) is 0 Å². The van der Waals surface area contributed by atoms with Gasteiger partial charge in [-0.05, 0) is 61.4 Å². The van der Waals surface area contributed by atoms with E-state index in [4.69, 9.17) is 4.74 Å². The molecule has 1 aliphatic heterocycles. The van der Waals surface area contributed by atoms with E-state index in [2.05, 4.69) is 10.1 Å². The van der Waals surface area contributed by atoms with Crippen LogP contribution in [0.25, 0.3) is 0 Å². The number of aryl methyl sites for hydroxylation is 2.